The van der Waals surface area contributed by atoms with Gasteiger partial charge in [0, 0.05) is 11.1 Å². The maximum Gasteiger partial charge on any atom is 0.0256 e. The fraction of sp³-hybridized carbons (Fsp3) is 0.0625. The molecule has 0 amide bonds. The summed E-state index contributed by atoms with van der Waals surface area (Å²) < 4.78 is 0. The third-order valence-electron chi connectivity index (χ3n) is 2.87. The standard InChI is InChI=1S/C16H15NS/c1-3-12-10-16(18-2)15(9-14(12)11-17)13-7-5-4-6-8-13/h3-11,17H,1H2,2H3. The van der Waals surface area contributed by atoms with Crippen molar-refractivity contribution < 1.29 is 0 Å². The fourth-order valence-corrected chi connectivity index (χ4v) is 2.57. The molecule has 0 aromatic heterocycles. The van der Waals surface area contributed by atoms with Gasteiger partial charge in [-0.25, -0.2) is 0 Å². The van der Waals surface area contributed by atoms with Crippen molar-refractivity contribution >= 4 is 24.1 Å². The van der Waals surface area contributed by atoms with Crippen LogP contribution in [0.3, 0.4) is 0 Å². The van der Waals surface area contributed by atoms with Gasteiger partial charge >= 0.3 is 0 Å². The summed E-state index contributed by atoms with van der Waals surface area (Å²) in [6, 6.07) is 14.4. The second-order valence-corrected chi connectivity index (χ2v) is 4.74. The minimum absolute atomic E-state index is 0.904. The Morgan fingerprint density at radius 3 is 2.39 bits per heavy atom. The lowest BCUT2D eigenvalue weighted by Crippen LogP contribution is -1.91. The molecule has 0 saturated heterocycles. The molecular weight excluding hydrogens is 238 g/mol. The SMILES string of the molecule is C=Cc1cc(SC)c(-c2ccccc2)cc1C=N. The Hall–Kier alpha value is -1.80. The molecule has 1 N–H and O–H groups in total. The minimum atomic E-state index is 0.904. The van der Waals surface area contributed by atoms with Gasteiger partial charge in [-0.15, -0.1) is 11.8 Å². The van der Waals surface area contributed by atoms with Crippen molar-refractivity contribution in [1.82, 2.24) is 0 Å². The van der Waals surface area contributed by atoms with Crippen molar-refractivity contribution in [2.45, 2.75) is 4.90 Å². The van der Waals surface area contributed by atoms with Gasteiger partial charge in [-0.2, -0.15) is 0 Å². The Balaban J connectivity index is 2.66. The Morgan fingerprint density at radius 2 is 1.83 bits per heavy atom. The van der Waals surface area contributed by atoms with E-state index in [0.29, 0.717) is 0 Å². The molecule has 0 bridgehead atoms. The van der Waals surface area contributed by atoms with Crippen LogP contribution in [0.2, 0.25) is 0 Å². The van der Waals surface area contributed by atoms with Crippen LogP contribution in [0.15, 0.2) is 53.9 Å². The molecule has 1 nitrogen and oxygen atoms in total. The van der Waals surface area contributed by atoms with Gasteiger partial charge in [0.15, 0.2) is 0 Å². The Labute approximate surface area is 112 Å². The van der Waals surface area contributed by atoms with Crippen LogP contribution in [0.25, 0.3) is 17.2 Å². The number of hydrogen-bond donors (Lipinski definition) is 1. The maximum absolute atomic E-state index is 7.50. The molecule has 2 rings (SSSR count). The molecule has 2 heteroatoms. The van der Waals surface area contributed by atoms with Gasteiger partial charge < -0.3 is 5.41 Å². The third-order valence-corrected chi connectivity index (χ3v) is 3.64. The number of thioether (sulfide) groups is 1. The van der Waals surface area contributed by atoms with Crippen LogP contribution in [0.4, 0.5) is 0 Å². The van der Waals surface area contributed by atoms with E-state index in [1.807, 2.05) is 18.2 Å². The van der Waals surface area contributed by atoms with Gasteiger partial charge in [0.1, 0.15) is 0 Å². The zero-order valence-electron chi connectivity index (χ0n) is 10.3. The Bertz CT molecular complexity index is 573. The first-order valence-corrected chi connectivity index (χ1v) is 6.93. The molecule has 0 unspecified atom stereocenters. The quantitative estimate of drug-likeness (QED) is 0.619. The molecule has 0 aliphatic heterocycles. The van der Waals surface area contributed by atoms with E-state index in [4.69, 9.17) is 5.41 Å². The van der Waals surface area contributed by atoms with E-state index in [9.17, 15) is 0 Å². The summed E-state index contributed by atoms with van der Waals surface area (Å²) in [5.74, 6) is 0. The number of nitrogens with one attached hydrogen (secondary N) is 1. The summed E-state index contributed by atoms with van der Waals surface area (Å²) in [5, 5.41) is 7.50. The lowest BCUT2D eigenvalue weighted by Gasteiger charge is -2.11. The lowest BCUT2D eigenvalue weighted by molar-refractivity contribution is 1.41. The van der Waals surface area contributed by atoms with Gasteiger partial charge in [-0.3, -0.25) is 0 Å². The molecule has 0 spiro atoms. The molecule has 0 heterocycles. The van der Waals surface area contributed by atoms with E-state index in [0.717, 1.165) is 11.1 Å². The smallest absolute Gasteiger partial charge is 0.0256 e. The van der Waals surface area contributed by atoms with E-state index >= 15 is 0 Å². The van der Waals surface area contributed by atoms with E-state index in [1.54, 1.807) is 17.8 Å². The van der Waals surface area contributed by atoms with E-state index in [2.05, 4.69) is 37.1 Å². The Kier molecular flexibility index (Phi) is 4.00. The molecule has 0 saturated carbocycles. The minimum Gasteiger partial charge on any atom is -0.308 e. The molecule has 0 aliphatic carbocycles. The van der Waals surface area contributed by atoms with Crippen LogP contribution in [0.5, 0.6) is 0 Å². The summed E-state index contributed by atoms with van der Waals surface area (Å²) in [7, 11) is 0. The van der Waals surface area contributed by atoms with E-state index in [-0.39, 0.29) is 0 Å². The second-order valence-electron chi connectivity index (χ2n) is 3.90. The highest BCUT2D eigenvalue weighted by atomic mass is 32.2. The second kappa shape index (κ2) is 5.69. The molecule has 2 aromatic carbocycles. The molecule has 0 aliphatic rings. The number of hydrogen-bond acceptors (Lipinski definition) is 2. The fourth-order valence-electron chi connectivity index (χ4n) is 1.93. The van der Waals surface area contributed by atoms with Crippen LogP contribution in [0.1, 0.15) is 11.1 Å². The van der Waals surface area contributed by atoms with E-state index < -0.39 is 0 Å². The maximum atomic E-state index is 7.50. The molecule has 0 radical (unpaired) electrons. The first kappa shape index (κ1) is 12.7. The first-order chi connectivity index (χ1) is 8.80. The largest absolute Gasteiger partial charge is 0.308 e. The van der Waals surface area contributed by atoms with Crippen molar-refractivity contribution in [2.24, 2.45) is 0 Å². The van der Waals surface area contributed by atoms with Crippen molar-refractivity contribution in [1.29, 1.82) is 5.41 Å². The van der Waals surface area contributed by atoms with Gasteiger partial charge in [-0.05, 0) is 40.6 Å². The highest BCUT2D eigenvalue weighted by molar-refractivity contribution is 7.98. The van der Waals surface area contributed by atoms with Crippen LogP contribution >= 0.6 is 11.8 Å². The van der Waals surface area contributed by atoms with Gasteiger partial charge in [0.25, 0.3) is 0 Å². The van der Waals surface area contributed by atoms with Gasteiger partial charge in [0.2, 0.25) is 0 Å². The summed E-state index contributed by atoms with van der Waals surface area (Å²) in [5.41, 5.74) is 4.27. The third kappa shape index (κ3) is 2.39. The summed E-state index contributed by atoms with van der Waals surface area (Å²) in [6.45, 7) is 3.80. The van der Waals surface area contributed by atoms with Crippen molar-refractivity contribution in [3.8, 4) is 11.1 Å². The average Bonchev–Trinajstić information content (AvgIpc) is 2.46. The van der Waals surface area contributed by atoms with Crippen molar-refractivity contribution in [2.75, 3.05) is 6.26 Å². The number of rotatable bonds is 4. The predicted octanol–water partition coefficient (Wildman–Crippen LogP) is 4.72. The normalized spacial score (nSPS) is 10.1. The average molecular weight is 253 g/mol. The van der Waals surface area contributed by atoms with E-state index in [1.165, 1.54) is 22.2 Å². The molecule has 18 heavy (non-hydrogen) atoms. The number of benzene rings is 2. The van der Waals surface area contributed by atoms with Crippen LogP contribution in [-0.2, 0) is 0 Å². The topological polar surface area (TPSA) is 23.9 Å². The van der Waals surface area contributed by atoms with Gasteiger partial charge in [-0.1, -0.05) is 43.0 Å². The lowest BCUT2D eigenvalue weighted by atomic mass is 9.99. The molecule has 90 valence electrons. The highest BCUT2D eigenvalue weighted by Crippen LogP contribution is 2.32. The van der Waals surface area contributed by atoms with Crippen LogP contribution in [-0.4, -0.2) is 12.5 Å². The van der Waals surface area contributed by atoms with Crippen molar-refractivity contribution in [3.63, 3.8) is 0 Å². The van der Waals surface area contributed by atoms with Crippen molar-refractivity contribution in [3.05, 3.63) is 60.2 Å². The van der Waals surface area contributed by atoms with Gasteiger partial charge in [0.05, 0.1) is 0 Å². The predicted molar refractivity (Wildman–Crippen MR) is 81.6 cm³/mol. The summed E-state index contributed by atoms with van der Waals surface area (Å²) in [6.07, 6.45) is 5.25. The Morgan fingerprint density at radius 1 is 1.11 bits per heavy atom. The summed E-state index contributed by atoms with van der Waals surface area (Å²) >= 11 is 1.72. The van der Waals surface area contributed by atoms with Crippen LogP contribution in [0, 0.1) is 5.41 Å². The van der Waals surface area contributed by atoms with Crippen LogP contribution < -0.4 is 0 Å². The zero-order chi connectivity index (χ0) is 13.0. The molecule has 2 aromatic rings. The molecular formula is C16H15NS. The monoisotopic (exact) mass is 253 g/mol. The summed E-state index contributed by atoms with van der Waals surface area (Å²) in [4.78, 5) is 1.21. The zero-order valence-corrected chi connectivity index (χ0v) is 11.1. The molecule has 0 fully saturated rings. The first-order valence-electron chi connectivity index (χ1n) is 5.70. The molecule has 0 atom stereocenters. The highest BCUT2D eigenvalue weighted by Gasteiger charge is 2.08.